The molecule has 1 N–H and O–H groups in total. The minimum absolute atomic E-state index is 0.0253. The van der Waals surface area contributed by atoms with Crippen LogP contribution in [0, 0.1) is 18.7 Å². The van der Waals surface area contributed by atoms with Gasteiger partial charge >= 0.3 is 5.97 Å². The first-order valence-corrected chi connectivity index (χ1v) is 6.87. The van der Waals surface area contributed by atoms with Gasteiger partial charge in [0.2, 0.25) is 11.7 Å². The molecular weight excluding hydrogens is 275 g/mol. The molecule has 0 bridgehead atoms. The molecule has 110 valence electrons. The van der Waals surface area contributed by atoms with Crippen LogP contribution in [0.1, 0.15) is 36.6 Å². The zero-order chi connectivity index (χ0) is 15.0. The summed E-state index contributed by atoms with van der Waals surface area (Å²) < 4.78 is 18.8. The number of rotatable bonds is 3. The third-order valence-electron chi connectivity index (χ3n) is 4.00. The molecule has 2 atom stereocenters. The van der Waals surface area contributed by atoms with E-state index in [0.717, 1.165) is 6.42 Å². The van der Waals surface area contributed by atoms with Crippen LogP contribution < -0.4 is 0 Å². The molecule has 1 aromatic heterocycles. The molecule has 5 nitrogen and oxygen atoms in total. The Morgan fingerprint density at radius 1 is 1.43 bits per heavy atom. The molecule has 21 heavy (non-hydrogen) atoms. The van der Waals surface area contributed by atoms with Gasteiger partial charge in [-0.15, -0.1) is 0 Å². The predicted octanol–water partition coefficient (Wildman–Crippen LogP) is 3.15. The molecule has 2 aromatic rings. The Balaban J connectivity index is 1.80. The second-order valence-electron chi connectivity index (χ2n) is 5.47. The van der Waals surface area contributed by atoms with Crippen LogP contribution in [0.3, 0.4) is 0 Å². The van der Waals surface area contributed by atoms with Crippen LogP contribution in [0.15, 0.2) is 22.7 Å². The zero-order valence-corrected chi connectivity index (χ0v) is 11.5. The minimum atomic E-state index is -0.780. The van der Waals surface area contributed by atoms with E-state index < -0.39 is 5.97 Å². The van der Waals surface area contributed by atoms with E-state index in [9.17, 15) is 9.18 Å². The number of hydrogen-bond donors (Lipinski definition) is 1. The molecule has 1 aliphatic carbocycles. The van der Waals surface area contributed by atoms with E-state index in [-0.39, 0.29) is 17.7 Å². The second kappa shape index (κ2) is 5.27. The molecule has 0 spiro atoms. The average Bonchev–Trinajstić information content (AvgIpc) is 3.09. The number of aromatic nitrogens is 2. The largest absolute Gasteiger partial charge is 0.481 e. The molecule has 1 fully saturated rings. The minimum Gasteiger partial charge on any atom is -0.481 e. The lowest BCUT2D eigenvalue weighted by Crippen LogP contribution is -2.09. The Bertz CT molecular complexity index is 683. The molecule has 1 heterocycles. The highest BCUT2D eigenvalue weighted by molar-refractivity contribution is 5.70. The normalized spacial score (nSPS) is 21.6. The van der Waals surface area contributed by atoms with Crippen molar-refractivity contribution < 1.29 is 18.8 Å². The molecule has 1 saturated carbocycles. The van der Waals surface area contributed by atoms with Gasteiger partial charge in [-0.3, -0.25) is 4.79 Å². The number of carbonyl (C=O) groups is 1. The summed E-state index contributed by atoms with van der Waals surface area (Å²) in [5, 5.41) is 12.9. The number of nitrogens with zero attached hydrogens (tertiary/aromatic N) is 2. The highest BCUT2D eigenvalue weighted by Gasteiger charge is 2.33. The monoisotopic (exact) mass is 290 g/mol. The summed E-state index contributed by atoms with van der Waals surface area (Å²) in [4.78, 5) is 15.3. The van der Waals surface area contributed by atoms with Crippen molar-refractivity contribution in [1.82, 2.24) is 10.1 Å². The SMILES string of the molecule is Cc1ccc(-c2noc(C3CCC(C(=O)O)C3)n2)cc1F. The molecule has 0 aliphatic heterocycles. The molecule has 0 amide bonds. The van der Waals surface area contributed by atoms with Crippen molar-refractivity contribution in [2.45, 2.75) is 32.1 Å². The van der Waals surface area contributed by atoms with Crippen LogP contribution in [0.25, 0.3) is 11.4 Å². The molecule has 0 radical (unpaired) electrons. The van der Waals surface area contributed by atoms with Gasteiger partial charge in [0.05, 0.1) is 5.92 Å². The standard InChI is InChI=1S/C15H15FN2O3/c1-8-2-3-9(7-12(8)16)13-17-14(21-18-13)10-4-5-11(6-10)15(19)20/h2-3,7,10-11H,4-6H2,1H3,(H,19,20). The van der Waals surface area contributed by atoms with Crippen LogP contribution in [-0.2, 0) is 4.79 Å². The van der Waals surface area contributed by atoms with Crippen molar-refractivity contribution in [3.63, 3.8) is 0 Å². The lowest BCUT2D eigenvalue weighted by Gasteiger charge is -2.02. The summed E-state index contributed by atoms with van der Waals surface area (Å²) in [6.45, 7) is 1.69. The lowest BCUT2D eigenvalue weighted by molar-refractivity contribution is -0.141. The maximum absolute atomic E-state index is 13.6. The summed E-state index contributed by atoms with van der Waals surface area (Å²) in [5.41, 5.74) is 1.11. The van der Waals surface area contributed by atoms with Crippen LogP contribution in [0.5, 0.6) is 0 Å². The van der Waals surface area contributed by atoms with Crippen molar-refractivity contribution in [3.05, 3.63) is 35.5 Å². The van der Waals surface area contributed by atoms with Gasteiger partial charge in [0.15, 0.2) is 0 Å². The molecule has 1 aliphatic rings. The van der Waals surface area contributed by atoms with Gasteiger partial charge in [0.25, 0.3) is 0 Å². The van der Waals surface area contributed by atoms with E-state index in [1.165, 1.54) is 6.07 Å². The number of aryl methyl sites for hydroxylation is 1. The van der Waals surface area contributed by atoms with E-state index in [2.05, 4.69) is 10.1 Å². The first kappa shape index (κ1) is 13.7. The van der Waals surface area contributed by atoms with E-state index in [4.69, 9.17) is 9.63 Å². The Labute approximate surface area is 120 Å². The van der Waals surface area contributed by atoms with Crippen LogP contribution in [0.2, 0.25) is 0 Å². The number of aliphatic carboxylic acids is 1. The number of halogens is 1. The number of benzene rings is 1. The van der Waals surface area contributed by atoms with Crippen LogP contribution in [-0.4, -0.2) is 21.2 Å². The fourth-order valence-corrected chi connectivity index (χ4v) is 2.68. The maximum Gasteiger partial charge on any atom is 0.306 e. The third kappa shape index (κ3) is 2.66. The molecule has 0 saturated heterocycles. The Morgan fingerprint density at radius 3 is 2.90 bits per heavy atom. The molecule has 1 aromatic carbocycles. The fraction of sp³-hybridized carbons (Fsp3) is 0.400. The summed E-state index contributed by atoms with van der Waals surface area (Å²) in [6.07, 6.45) is 1.86. The van der Waals surface area contributed by atoms with Gasteiger partial charge in [-0.25, -0.2) is 4.39 Å². The number of carboxylic acids is 1. The predicted molar refractivity (Wildman–Crippen MR) is 72.1 cm³/mol. The highest BCUT2D eigenvalue weighted by Crippen LogP contribution is 2.38. The molecule has 6 heteroatoms. The quantitative estimate of drug-likeness (QED) is 0.939. The number of carboxylic acid groups (broad SMARTS) is 1. The third-order valence-corrected chi connectivity index (χ3v) is 4.00. The Kier molecular flexibility index (Phi) is 3.45. The molecule has 3 rings (SSSR count). The zero-order valence-electron chi connectivity index (χ0n) is 11.5. The molecular formula is C15H15FN2O3. The first-order valence-electron chi connectivity index (χ1n) is 6.87. The van der Waals surface area contributed by atoms with Crippen molar-refractivity contribution in [2.24, 2.45) is 5.92 Å². The Hall–Kier alpha value is -2.24. The number of hydrogen-bond acceptors (Lipinski definition) is 4. The van der Waals surface area contributed by atoms with Gasteiger partial charge < -0.3 is 9.63 Å². The smallest absolute Gasteiger partial charge is 0.306 e. The lowest BCUT2D eigenvalue weighted by atomic mass is 10.1. The van der Waals surface area contributed by atoms with E-state index >= 15 is 0 Å². The van der Waals surface area contributed by atoms with Gasteiger partial charge in [0, 0.05) is 11.5 Å². The summed E-state index contributed by atoms with van der Waals surface area (Å²) in [7, 11) is 0. The van der Waals surface area contributed by atoms with E-state index in [1.54, 1.807) is 19.1 Å². The highest BCUT2D eigenvalue weighted by atomic mass is 19.1. The van der Waals surface area contributed by atoms with Crippen molar-refractivity contribution in [2.75, 3.05) is 0 Å². The van der Waals surface area contributed by atoms with Gasteiger partial charge in [-0.2, -0.15) is 4.98 Å². The van der Waals surface area contributed by atoms with Crippen LogP contribution in [0.4, 0.5) is 4.39 Å². The molecule has 2 unspecified atom stereocenters. The average molecular weight is 290 g/mol. The fourth-order valence-electron chi connectivity index (χ4n) is 2.68. The maximum atomic E-state index is 13.6. The van der Waals surface area contributed by atoms with Gasteiger partial charge in [-0.1, -0.05) is 17.3 Å². The van der Waals surface area contributed by atoms with Crippen molar-refractivity contribution in [3.8, 4) is 11.4 Å². The summed E-state index contributed by atoms with van der Waals surface area (Å²) in [6, 6.07) is 4.77. The van der Waals surface area contributed by atoms with E-state index in [1.807, 2.05) is 0 Å². The van der Waals surface area contributed by atoms with E-state index in [0.29, 0.717) is 35.7 Å². The van der Waals surface area contributed by atoms with Gasteiger partial charge in [-0.05, 0) is 37.8 Å². The Morgan fingerprint density at radius 2 is 2.24 bits per heavy atom. The summed E-state index contributed by atoms with van der Waals surface area (Å²) in [5.74, 6) is -0.689. The summed E-state index contributed by atoms with van der Waals surface area (Å²) >= 11 is 0. The topological polar surface area (TPSA) is 76.2 Å². The van der Waals surface area contributed by atoms with Gasteiger partial charge in [0.1, 0.15) is 5.82 Å². The van der Waals surface area contributed by atoms with Crippen LogP contribution >= 0.6 is 0 Å². The van der Waals surface area contributed by atoms with Crippen molar-refractivity contribution >= 4 is 5.97 Å². The van der Waals surface area contributed by atoms with Crippen molar-refractivity contribution in [1.29, 1.82) is 0 Å². The first-order chi connectivity index (χ1) is 10.0. The second-order valence-corrected chi connectivity index (χ2v) is 5.47.